The first kappa shape index (κ1) is 15.7. The highest BCUT2D eigenvalue weighted by Gasteiger charge is 2.07. The molecule has 6 nitrogen and oxygen atoms in total. The molecule has 0 aliphatic heterocycles. The molecule has 0 saturated heterocycles. The van der Waals surface area contributed by atoms with Gasteiger partial charge < -0.3 is 15.4 Å². The van der Waals surface area contributed by atoms with E-state index in [2.05, 4.69) is 25.8 Å². The van der Waals surface area contributed by atoms with Gasteiger partial charge in [0.2, 0.25) is 5.95 Å². The molecule has 24 heavy (non-hydrogen) atoms. The maximum absolute atomic E-state index is 13.2. The highest BCUT2D eigenvalue weighted by atomic mass is 19.1. The molecule has 1 heterocycles. The third-order valence-corrected chi connectivity index (χ3v) is 3.26. The Morgan fingerprint density at radius 1 is 1.08 bits per heavy atom. The van der Waals surface area contributed by atoms with Crippen molar-refractivity contribution in [2.75, 3.05) is 17.7 Å². The minimum absolute atomic E-state index is 0.306. The Kier molecular flexibility index (Phi) is 4.51. The average Bonchev–Trinajstić information content (AvgIpc) is 2.55. The van der Waals surface area contributed by atoms with Crippen LogP contribution in [0.2, 0.25) is 0 Å². The van der Waals surface area contributed by atoms with Crippen LogP contribution in [0.25, 0.3) is 0 Å². The van der Waals surface area contributed by atoms with Crippen LogP contribution in [0.15, 0.2) is 48.7 Å². The van der Waals surface area contributed by atoms with E-state index in [0.29, 0.717) is 23.2 Å². The van der Waals surface area contributed by atoms with Crippen LogP contribution in [-0.4, -0.2) is 22.3 Å². The first-order chi connectivity index (χ1) is 11.6. The molecule has 0 aliphatic carbocycles. The second kappa shape index (κ2) is 6.91. The first-order valence-corrected chi connectivity index (χ1v) is 7.28. The Bertz CT molecular complexity index is 856. The molecule has 0 saturated carbocycles. The third-order valence-electron chi connectivity index (χ3n) is 3.26. The van der Waals surface area contributed by atoms with Gasteiger partial charge in [0, 0.05) is 5.69 Å². The maximum atomic E-state index is 13.2. The van der Waals surface area contributed by atoms with E-state index in [4.69, 9.17) is 4.74 Å². The maximum Gasteiger partial charge on any atom is 0.249 e. The fourth-order valence-electron chi connectivity index (χ4n) is 2.17. The lowest BCUT2D eigenvalue weighted by Crippen LogP contribution is -2.03. The van der Waals surface area contributed by atoms with Crippen LogP contribution < -0.4 is 15.4 Å². The van der Waals surface area contributed by atoms with E-state index < -0.39 is 0 Å². The van der Waals surface area contributed by atoms with Crippen LogP contribution in [-0.2, 0) is 0 Å². The predicted octanol–water partition coefficient (Wildman–Crippen LogP) is 3.81. The molecule has 0 bridgehead atoms. The van der Waals surface area contributed by atoms with Crippen molar-refractivity contribution in [2.45, 2.75) is 6.92 Å². The molecule has 1 aromatic heterocycles. The molecule has 0 amide bonds. The van der Waals surface area contributed by atoms with E-state index in [-0.39, 0.29) is 5.82 Å². The number of methoxy groups -OCH3 is 1. The molecule has 0 aliphatic rings. The van der Waals surface area contributed by atoms with E-state index >= 15 is 0 Å². The minimum Gasteiger partial charge on any atom is -0.495 e. The number of aromatic nitrogens is 3. The Balaban J connectivity index is 1.82. The second-order valence-corrected chi connectivity index (χ2v) is 5.13. The summed E-state index contributed by atoms with van der Waals surface area (Å²) in [5.74, 6) is 1.10. The monoisotopic (exact) mass is 325 g/mol. The molecule has 0 atom stereocenters. The van der Waals surface area contributed by atoms with Gasteiger partial charge in [-0.2, -0.15) is 10.1 Å². The van der Waals surface area contributed by atoms with Gasteiger partial charge in [-0.15, -0.1) is 5.10 Å². The van der Waals surface area contributed by atoms with Crippen LogP contribution in [0.1, 0.15) is 5.56 Å². The van der Waals surface area contributed by atoms with Crippen molar-refractivity contribution in [3.8, 4) is 5.75 Å². The van der Waals surface area contributed by atoms with Gasteiger partial charge in [-0.3, -0.25) is 0 Å². The summed E-state index contributed by atoms with van der Waals surface area (Å²) < 4.78 is 18.6. The first-order valence-electron chi connectivity index (χ1n) is 7.28. The summed E-state index contributed by atoms with van der Waals surface area (Å²) in [5, 5.41) is 13.9. The Hall–Kier alpha value is -3.22. The largest absolute Gasteiger partial charge is 0.495 e. The van der Waals surface area contributed by atoms with Gasteiger partial charge in [0.15, 0.2) is 5.82 Å². The fraction of sp³-hybridized carbons (Fsp3) is 0.118. The summed E-state index contributed by atoms with van der Waals surface area (Å²) >= 11 is 0. The van der Waals surface area contributed by atoms with Gasteiger partial charge >= 0.3 is 0 Å². The van der Waals surface area contributed by atoms with E-state index in [1.807, 2.05) is 25.1 Å². The van der Waals surface area contributed by atoms with Crippen molar-refractivity contribution < 1.29 is 9.13 Å². The quantitative estimate of drug-likeness (QED) is 0.743. The smallest absolute Gasteiger partial charge is 0.249 e. The van der Waals surface area contributed by atoms with Crippen molar-refractivity contribution in [3.63, 3.8) is 0 Å². The highest BCUT2D eigenvalue weighted by molar-refractivity contribution is 5.64. The molecular formula is C17H16FN5O. The van der Waals surface area contributed by atoms with Gasteiger partial charge in [0.1, 0.15) is 11.6 Å². The molecule has 0 unspecified atom stereocenters. The summed E-state index contributed by atoms with van der Waals surface area (Å²) in [6.07, 6.45) is 1.46. The number of aryl methyl sites for hydroxylation is 1. The zero-order valence-electron chi connectivity index (χ0n) is 13.2. The average molecular weight is 325 g/mol. The summed E-state index contributed by atoms with van der Waals surface area (Å²) in [4.78, 5) is 4.32. The van der Waals surface area contributed by atoms with Gasteiger partial charge in [-0.1, -0.05) is 12.1 Å². The number of nitrogens with one attached hydrogen (secondary N) is 2. The predicted molar refractivity (Wildman–Crippen MR) is 90.5 cm³/mol. The molecule has 3 aromatic rings. The second-order valence-electron chi connectivity index (χ2n) is 5.13. The Morgan fingerprint density at radius 3 is 2.75 bits per heavy atom. The zero-order chi connectivity index (χ0) is 16.9. The molecule has 0 spiro atoms. The van der Waals surface area contributed by atoms with Crippen LogP contribution in [0.5, 0.6) is 5.75 Å². The third kappa shape index (κ3) is 3.75. The zero-order valence-corrected chi connectivity index (χ0v) is 13.2. The van der Waals surface area contributed by atoms with Crippen molar-refractivity contribution in [1.29, 1.82) is 0 Å². The lowest BCUT2D eigenvalue weighted by Gasteiger charge is -2.11. The summed E-state index contributed by atoms with van der Waals surface area (Å²) in [6, 6.07) is 11.8. The molecule has 0 fully saturated rings. The lowest BCUT2D eigenvalue weighted by atomic mass is 10.2. The van der Waals surface area contributed by atoms with Crippen molar-refractivity contribution >= 4 is 23.1 Å². The molecule has 7 heteroatoms. The summed E-state index contributed by atoms with van der Waals surface area (Å²) in [5.41, 5.74) is 2.39. The topological polar surface area (TPSA) is 72.0 Å². The summed E-state index contributed by atoms with van der Waals surface area (Å²) in [7, 11) is 1.59. The number of rotatable bonds is 5. The molecule has 2 N–H and O–H groups in total. The van der Waals surface area contributed by atoms with E-state index in [1.54, 1.807) is 19.2 Å². The highest BCUT2D eigenvalue weighted by Crippen LogP contribution is 2.27. The van der Waals surface area contributed by atoms with Crippen LogP contribution in [0.4, 0.5) is 27.5 Å². The van der Waals surface area contributed by atoms with Gasteiger partial charge in [0.05, 0.1) is 19.0 Å². The van der Waals surface area contributed by atoms with Gasteiger partial charge in [0.25, 0.3) is 0 Å². The number of nitrogens with zero attached hydrogens (tertiary/aromatic N) is 3. The lowest BCUT2D eigenvalue weighted by molar-refractivity contribution is 0.416. The minimum atomic E-state index is -0.329. The molecular weight excluding hydrogens is 309 g/mol. The number of ether oxygens (including phenoxy) is 1. The number of hydrogen-bond acceptors (Lipinski definition) is 6. The van der Waals surface area contributed by atoms with Crippen molar-refractivity contribution in [1.82, 2.24) is 15.2 Å². The van der Waals surface area contributed by atoms with Crippen LogP contribution in [0, 0.1) is 12.7 Å². The number of anilines is 4. The molecule has 3 rings (SSSR count). The normalized spacial score (nSPS) is 10.3. The van der Waals surface area contributed by atoms with E-state index in [0.717, 1.165) is 11.3 Å². The Morgan fingerprint density at radius 2 is 1.96 bits per heavy atom. The summed E-state index contributed by atoms with van der Waals surface area (Å²) in [6.45, 7) is 1.98. The van der Waals surface area contributed by atoms with Gasteiger partial charge in [-0.25, -0.2) is 4.39 Å². The SMILES string of the molecule is COc1ccc(C)cc1Nc1nncc(Nc2cccc(F)c2)n1. The number of hydrogen-bond donors (Lipinski definition) is 2. The van der Waals surface area contributed by atoms with E-state index in [1.165, 1.54) is 18.3 Å². The molecule has 0 radical (unpaired) electrons. The van der Waals surface area contributed by atoms with E-state index in [9.17, 15) is 4.39 Å². The number of halogens is 1. The van der Waals surface area contributed by atoms with Crippen LogP contribution in [0.3, 0.4) is 0 Å². The molecule has 2 aromatic carbocycles. The Labute approximate surface area is 138 Å². The standard InChI is InChI=1S/C17H16FN5O/c1-11-6-7-15(24-2)14(8-11)21-17-22-16(10-19-23-17)20-13-5-3-4-12(18)9-13/h3-10H,1-2H3,(H2,20,21,22,23). The van der Waals surface area contributed by atoms with Crippen LogP contribution >= 0.6 is 0 Å². The van der Waals surface area contributed by atoms with Gasteiger partial charge in [-0.05, 0) is 42.8 Å². The van der Waals surface area contributed by atoms with Crippen molar-refractivity contribution in [2.24, 2.45) is 0 Å². The molecule has 122 valence electrons. The number of benzene rings is 2. The van der Waals surface area contributed by atoms with Crippen molar-refractivity contribution in [3.05, 3.63) is 60.0 Å². The fourth-order valence-corrected chi connectivity index (χ4v) is 2.17.